The molecule has 9 heteroatoms. The summed E-state index contributed by atoms with van der Waals surface area (Å²) in [7, 11) is 1.55. The number of amides is 1. The van der Waals surface area contributed by atoms with Crippen LogP contribution in [0.1, 0.15) is 27.2 Å². The highest BCUT2D eigenvalue weighted by Gasteiger charge is 2.36. The van der Waals surface area contributed by atoms with Gasteiger partial charge in [-0.2, -0.15) is 18.3 Å². The number of alkyl halides is 3. The molecule has 0 bridgehead atoms. The highest BCUT2D eigenvalue weighted by Crippen LogP contribution is 2.32. The van der Waals surface area contributed by atoms with Gasteiger partial charge in [-0.1, -0.05) is 42.0 Å². The van der Waals surface area contributed by atoms with Crippen LogP contribution in [0.15, 0.2) is 60.8 Å². The summed E-state index contributed by atoms with van der Waals surface area (Å²) in [6, 6.07) is 15.0. The number of aromatic nitrogens is 3. The van der Waals surface area contributed by atoms with E-state index in [2.05, 4.69) is 15.4 Å². The molecule has 0 unspecified atom stereocenters. The molecule has 0 aliphatic rings. The van der Waals surface area contributed by atoms with Crippen molar-refractivity contribution in [1.29, 1.82) is 0 Å². The van der Waals surface area contributed by atoms with E-state index in [1.54, 1.807) is 55.6 Å². The largest absolute Gasteiger partial charge is 0.497 e. The molecule has 32 heavy (non-hydrogen) atoms. The Bertz CT molecular complexity index is 1260. The second-order valence-electron chi connectivity index (χ2n) is 7.21. The van der Waals surface area contributed by atoms with Crippen LogP contribution in [0, 0.1) is 6.92 Å². The third-order valence-corrected chi connectivity index (χ3v) is 4.97. The van der Waals surface area contributed by atoms with Crippen LogP contribution in [-0.4, -0.2) is 27.6 Å². The first-order valence-corrected chi connectivity index (χ1v) is 9.70. The van der Waals surface area contributed by atoms with E-state index in [0.717, 1.165) is 23.4 Å². The molecule has 2 heterocycles. The number of hydrogen-bond donors (Lipinski definition) is 1. The Labute approximate surface area is 181 Å². The summed E-state index contributed by atoms with van der Waals surface area (Å²) >= 11 is 0. The van der Waals surface area contributed by atoms with Crippen LogP contribution in [-0.2, 0) is 12.7 Å². The van der Waals surface area contributed by atoms with Crippen molar-refractivity contribution in [3.63, 3.8) is 0 Å². The predicted molar refractivity (Wildman–Crippen MR) is 112 cm³/mol. The van der Waals surface area contributed by atoms with Gasteiger partial charge in [-0.15, -0.1) is 0 Å². The standard InChI is InChI=1S/C23H19F3N4O2/c1-14-3-7-16(8-4-14)19-11-20(23(24,25)26)30-21(29-19)18(13-28-30)22(31)27-12-15-5-9-17(32-2)10-6-15/h3-11,13H,12H2,1-2H3,(H,27,31). The zero-order valence-corrected chi connectivity index (χ0v) is 17.3. The minimum Gasteiger partial charge on any atom is -0.497 e. The number of nitrogens with one attached hydrogen (secondary N) is 1. The number of hydrogen-bond acceptors (Lipinski definition) is 4. The van der Waals surface area contributed by atoms with Crippen LogP contribution < -0.4 is 10.1 Å². The molecule has 0 saturated carbocycles. The molecule has 0 fully saturated rings. The Morgan fingerprint density at radius 3 is 2.41 bits per heavy atom. The van der Waals surface area contributed by atoms with E-state index < -0.39 is 17.8 Å². The average molecular weight is 440 g/mol. The molecule has 6 nitrogen and oxygen atoms in total. The number of methoxy groups -OCH3 is 1. The summed E-state index contributed by atoms with van der Waals surface area (Å²) in [6.45, 7) is 2.06. The molecular formula is C23H19F3N4O2. The lowest BCUT2D eigenvalue weighted by atomic mass is 10.1. The second-order valence-corrected chi connectivity index (χ2v) is 7.21. The quantitative estimate of drug-likeness (QED) is 0.490. The Balaban J connectivity index is 1.70. The Morgan fingerprint density at radius 1 is 1.09 bits per heavy atom. The van der Waals surface area contributed by atoms with E-state index in [1.165, 1.54) is 0 Å². The molecule has 0 spiro atoms. The number of aryl methyl sites for hydroxylation is 1. The van der Waals surface area contributed by atoms with Gasteiger partial charge in [0.05, 0.1) is 19.0 Å². The number of ether oxygens (including phenoxy) is 1. The fourth-order valence-corrected chi connectivity index (χ4v) is 3.22. The van der Waals surface area contributed by atoms with Gasteiger partial charge in [-0.3, -0.25) is 4.79 Å². The van der Waals surface area contributed by atoms with Gasteiger partial charge in [-0.25, -0.2) is 9.50 Å². The van der Waals surface area contributed by atoms with Crippen molar-refractivity contribution in [1.82, 2.24) is 19.9 Å². The van der Waals surface area contributed by atoms with E-state index in [9.17, 15) is 18.0 Å². The van der Waals surface area contributed by atoms with Crippen LogP contribution in [0.25, 0.3) is 16.9 Å². The summed E-state index contributed by atoms with van der Waals surface area (Å²) in [6.07, 6.45) is -3.58. The van der Waals surface area contributed by atoms with E-state index in [0.29, 0.717) is 15.8 Å². The summed E-state index contributed by atoms with van der Waals surface area (Å²) in [5.74, 6) is 0.104. The van der Waals surface area contributed by atoms with Crippen LogP contribution in [0.3, 0.4) is 0 Å². The SMILES string of the molecule is COc1ccc(CNC(=O)c2cnn3c(C(F)(F)F)cc(-c4ccc(C)cc4)nc23)cc1. The Hall–Kier alpha value is -3.88. The van der Waals surface area contributed by atoms with Crippen molar-refractivity contribution in [2.75, 3.05) is 7.11 Å². The Morgan fingerprint density at radius 2 is 1.78 bits per heavy atom. The molecular weight excluding hydrogens is 421 g/mol. The van der Waals surface area contributed by atoms with Gasteiger partial charge in [0.2, 0.25) is 0 Å². The highest BCUT2D eigenvalue weighted by molar-refractivity contribution is 5.99. The summed E-state index contributed by atoms with van der Waals surface area (Å²) < 4.78 is 46.9. The van der Waals surface area contributed by atoms with Crippen LogP contribution >= 0.6 is 0 Å². The fraction of sp³-hybridized carbons (Fsp3) is 0.174. The number of benzene rings is 2. The summed E-state index contributed by atoms with van der Waals surface area (Å²) in [4.78, 5) is 17.1. The number of carbonyl (C=O) groups excluding carboxylic acids is 1. The van der Waals surface area contributed by atoms with Gasteiger partial charge in [0.25, 0.3) is 5.91 Å². The lowest BCUT2D eigenvalue weighted by Crippen LogP contribution is -2.23. The van der Waals surface area contributed by atoms with Gasteiger partial charge in [-0.05, 0) is 30.7 Å². The number of fused-ring (bicyclic) bond motifs is 1. The van der Waals surface area contributed by atoms with Crippen LogP contribution in [0.4, 0.5) is 13.2 Å². The summed E-state index contributed by atoms with van der Waals surface area (Å²) in [5, 5.41) is 6.49. The number of carbonyl (C=O) groups is 1. The monoisotopic (exact) mass is 440 g/mol. The van der Waals surface area contributed by atoms with Crippen molar-refractivity contribution in [2.45, 2.75) is 19.6 Å². The second kappa shape index (κ2) is 8.33. The van der Waals surface area contributed by atoms with Crippen LogP contribution in [0.5, 0.6) is 5.75 Å². The highest BCUT2D eigenvalue weighted by atomic mass is 19.4. The molecule has 0 aliphatic carbocycles. The van der Waals surface area contributed by atoms with Crippen molar-refractivity contribution < 1.29 is 22.7 Å². The lowest BCUT2D eigenvalue weighted by Gasteiger charge is -2.12. The molecule has 0 saturated heterocycles. The topological polar surface area (TPSA) is 68.5 Å². The zero-order valence-electron chi connectivity index (χ0n) is 17.3. The molecule has 2 aromatic carbocycles. The van der Waals surface area contributed by atoms with Gasteiger partial charge in [0.15, 0.2) is 11.3 Å². The van der Waals surface area contributed by atoms with E-state index in [-0.39, 0.29) is 23.4 Å². The van der Waals surface area contributed by atoms with E-state index in [1.807, 2.05) is 6.92 Å². The summed E-state index contributed by atoms with van der Waals surface area (Å²) in [5.41, 5.74) is 1.17. The van der Waals surface area contributed by atoms with Gasteiger partial charge < -0.3 is 10.1 Å². The van der Waals surface area contributed by atoms with Gasteiger partial charge in [0, 0.05) is 12.1 Å². The molecule has 1 N–H and O–H groups in total. The molecule has 164 valence electrons. The minimum absolute atomic E-state index is 0.0435. The van der Waals surface area contributed by atoms with Crippen molar-refractivity contribution >= 4 is 11.6 Å². The van der Waals surface area contributed by atoms with E-state index in [4.69, 9.17) is 4.74 Å². The maximum atomic E-state index is 13.7. The third-order valence-electron chi connectivity index (χ3n) is 4.97. The molecule has 0 atom stereocenters. The van der Waals surface area contributed by atoms with Gasteiger partial charge >= 0.3 is 6.18 Å². The molecule has 4 rings (SSSR count). The first-order chi connectivity index (χ1) is 15.3. The maximum Gasteiger partial charge on any atom is 0.433 e. The first kappa shape index (κ1) is 21.4. The number of halogens is 3. The van der Waals surface area contributed by atoms with Gasteiger partial charge in [0.1, 0.15) is 11.3 Å². The lowest BCUT2D eigenvalue weighted by molar-refractivity contribution is -0.142. The average Bonchev–Trinajstić information content (AvgIpc) is 3.21. The smallest absolute Gasteiger partial charge is 0.433 e. The first-order valence-electron chi connectivity index (χ1n) is 9.70. The maximum absolute atomic E-state index is 13.7. The fourth-order valence-electron chi connectivity index (χ4n) is 3.22. The van der Waals surface area contributed by atoms with Crippen LogP contribution in [0.2, 0.25) is 0 Å². The third kappa shape index (κ3) is 4.27. The minimum atomic E-state index is -4.68. The normalized spacial score (nSPS) is 11.5. The van der Waals surface area contributed by atoms with Crippen molar-refractivity contribution in [3.8, 4) is 17.0 Å². The Kier molecular flexibility index (Phi) is 5.56. The molecule has 1 amide bonds. The molecule has 2 aromatic heterocycles. The van der Waals surface area contributed by atoms with Crippen molar-refractivity contribution in [2.24, 2.45) is 0 Å². The van der Waals surface area contributed by atoms with E-state index >= 15 is 0 Å². The number of rotatable bonds is 5. The molecule has 0 radical (unpaired) electrons. The molecule has 0 aliphatic heterocycles. The molecule has 4 aromatic rings. The zero-order chi connectivity index (χ0) is 22.9. The number of nitrogens with zero attached hydrogens (tertiary/aromatic N) is 3. The predicted octanol–water partition coefficient (Wildman–Crippen LogP) is 4.66. The van der Waals surface area contributed by atoms with Crippen molar-refractivity contribution in [3.05, 3.63) is 83.2 Å².